The highest BCUT2D eigenvalue weighted by Crippen LogP contribution is 2.30. The second-order valence-electron chi connectivity index (χ2n) is 7.35. The van der Waals surface area contributed by atoms with Crippen LogP contribution in [0.1, 0.15) is 6.42 Å². The molecule has 3 aromatic carbocycles. The SMILES string of the molecule is CN(C)c1cccc2c(S(=O)(=O)CCCNC(=O)Nc3ccccc3[N+](=O)[O-])cccc12. The second-order valence-corrected chi connectivity index (χ2v) is 9.43. The lowest BCUT2D eigenvalue weighted by Gasteiger charge is -2.17. The van der Waals surface area contributed by atoms with Gasteiger partial charge < -0.3 is 15.5 Å². The van der Waals surface area contributed by atoms with E-state index in [0.29, 0.717) is 5.39 Å². The first-order chi connectivity index (χ1) is 15.2. The van der Waals surface area contributed by atoms with Gasteiger partial charge in [0.2, 0.25) is 0 Å². The zero-order valence-electron chi connectivity index (χ0n) is 17.7. The van der Waals surface area contributed by atoms with E-state index in [9.17, 15) is 23.3 Å². The van der Waals surface area contributed by atoms with Crippen molar-refractivity contribution in [1.82, 2.24) is 5.32 Å². The molecule has 0 saturated heterocycles. The Labute approximate surface area is 186 Å². The summed E-state index contributed by atoms with van der Waals surface area (Å²) in [7, 11) is 0.215. The molecule has 0 aliphatic carbocycles. The van der Waals surface area contributed by atoms with Crippen molar-refractivity contribution in [3.63, 3.8) is 0 Å². The van der Waals surface area contributed by atoms with Gasteiger partial charge in [-0.2, -0.15) is 0 Å². The minimum atomic E-state index is -3.58. The van der Waals surface area contributed by atoms with Gasteiger partial charge in [0.1, 0.15) is 5.69 Å². The number of carbonyl (C=O) groups is 1. The van der Waals surface area contributed by atoms with Gasteiger partial charge in [-0.25, -0.2) is 13.2 Å². The molecule has 0 unspecified atom stereocenters. The molecule has 3 aromatic rings. The number of hydrogen-bond donors (Lipinski definition) is 2. The molecule has 0 aliphatic rings. The molecule has 2 amide bonds. The van der Waals surface area contributed by atoms with Crippen molar-refractivity contribution in [1.29, 1.82) is 0 Å². The van der Waals surface area contributed by atoms with E-state index >= 15 is 0 Å². The molecule has 32 heavy (non-hydrogen) atoms. The molecule has 0 atom stereocenters. The average molecular weight is 457 g/mol. The lowest BCUT2D eigenvalue weighted by Crippen LogP contribution is -2.30. The summed E-state index contributed by atoms with van der Waals surface area (Å²) >= 11 is 0. The number of urea groups is 1. The highest BCUT2D eigenvalue weighted by atomic mass is 32.2. The Morgan fingerprint density at radius 2 is 1.69 bits per heavy atom. The van der Waals surface area contributed by atoms with Gasteiger partial charge in [-0.15, -0.1) is 0 Å². The number of nitro benzene ring substituents is 1. The molecule has 2 N–H and O–H groups in total. The number of carbonyl (C=O) groups excluding carboxylic acids is 1. The Morgan fingerprint density at radius 3 is 2.41 bits per heavy atom. The summed E-state index contributed by atoms with van der Waals surface area (Å²) in [4.78, 5) is 24.7. The van der Waals surface area contributed by atoms with E-state index in [1.165, 1.54) is 18.2 Å². The van der Waals surface area contributed by atoms with Crippen molar-refractivity contribution in [3.05, 3.63) is 70.8 Å². The number of nitrogens with zero attached hydrogens (tertiary/aromatic N) is 2. The maximum atomic E-state index is 13.0. The number of anilines is 2. The molecule has 9 nitrogen and oxygen atoms in total. The number of nitro groups is 1. The molecule has 0 fully saturated rings. The lowest BCUT2D eigenvalue weighted by atomic mass is 10.1. The summed E-state index contributed by atoms with van der Waals surface area (Å²) in [6.45, 7) is 0.0966. The van der Waals surface area contributed by atoms with Crippen molar-refractivity contribution in [2.75, 3.05) is 36.6 Å². The number of benzene rings is 3. The van der Waals surface area contributed by atoms with Gasteiger partial charge >= 0.3 is 6.03 Å². The highest BCUT2D eigenvalue weighted by Gasteiger charge is 2.19. The van der Waals surface area contributed by atoms with Crippen LogP contribution < -0.4 is 15.5 Å². The first kappa shape index (κ1) is 23.0. The molecule has 0 spiro atoms. The highest BCUT2D eigenvalue weighted by molar-refractivity contribution is 7.91. The van der Waals surface area contributed by atoms with Gasteiger partial charge in [0.25, 0.3) is 5.69 Å². The molecule has 10 heteroatoms. The Bertz CT molecular complexity index is 1260. The number of fused-ring (bicyclic) bond motifs is 1. The van der Waals surface area contributed by atoms with Crippen LogP contribution in [0.3, 0.4) is 0 Å². The third-order valence-electron chi connectivity index (χ3n) is 4.90. The van der Waals surface area contributed by atoms with Gasteiger partial charge in [-0.05, 0) is 24.6 Å². The Kier molecular flexibility index (Phi) is 6.94. The smallest absolute Gasteiger partial charge is 0.319 e. The van der Waals surface area contributed by atoms with Gasteiger partial charge in [-0.1, -0.05) is 36.4 Å². The number of rotatable bonds is 8. The van der Waals surface area contributed by atoms with Crippen LogP contribution in [0.25, 0.3) is 10.8 Å². The third kappa shape index (κ3) is 5.14. The molecule has 0 aliphatic heterocycles. The fourth-order valence-corrected chi connectivity index (χ4v) is 4.95. The number of hydrogen-bond acceptors (Lipinski definition) is 6. The first-order valence-corrected chi connectivity index (χ1v) is 11.6. The van der Waals surface area contributed by atoms with E-state index in [4.69, 9.17) is 0 Å². The maximum absolute atomic E-state index is 13.0. The summed E-state index contributed by atoms with van der Waals surface area (Å²) in [6, 6.07) is 15.9. The molecule has 0 heterocycles. The number of nitrogens with one attached hydrogen (secondary N) is 2. The largest absolute Gasteiger partial charge is 0.377 e. The van der Waals surface area contributed by atoms with Crippen molar-refractivity contribution in [2.45, 2.75) is 11.3 Å². The average Bonchev–Trinajstić information content (AvgIpc) is 2.76. The van der Waals surface area contributed by atoms with E-state index in [1.807, 2.05) is 37.2 Å². The van der Waals surface area contributed by atoms with E-state index in [-0.39, 0.29) is 35.0 Å². The van der Waals surface area contributed by atoms with Crippen LogP contribution >= 0.6 is 0 Å². The topological polar surface area (TPSA) is 122 Å². The van der Waals surface area contributed by atoms with E-state index in [0.717, 1.165) is 11.1 Å². The molecule has 168 valence electrons. The van der Waals surface area contributed by atoms with Crippen LogP contribution in [0.5, 0.6) is 0 Å². The second kappa shape index (κ2) is 9.65. The standard InChI is InChI=1S/C22H24N4O5S/c1-25(2)19-12-5-9-17-16(19)8-6-13-21(17)32(30,31)15-7-14-23-22(27)24-18-10-3-4-11-20(18)26(28)29/h3-6,8-13H,7,14-15H2,1-2H3,(H2,23,24,27). The van der Waals surface area contributed by atoms with Gasteiger partial charge in [0.05, 0.1) is 15.6 Å². The van der Waals surface area contributed by atoms with Crippen LogP contribution in [-0.2, 0) is 9.84 Å². The zero-order chi connectivity index (χ0) is 23.3. The summed E-state index contributed by atoms with van der Waals surface area (Å²) in [5.74, 6) is -0.149. The predicted molar refractivity (Wildman–Crippen MR) is 125 cm³/mol. The minimum absolute atomic E-state index is 0.0649. The van der Waals surface area contributed by atoms with Gasteiger partial charge in [-0.3, -0.25) is 10.1 Å². The van der Waals surface area contributed by atoms with Gasteiger partial charge in [0.15, 0.2) is 9.84 Å². The number of sulfone groups is 1. The Balaban J connectivity index is 1.64. The van der Waals surface area contributed by atoms with Crippen molar-refractivity contribution < 1.29 is 18.1 Å². The van der Waals surface area contributed by atoms with Crippen molar-refractivity contribution in [3.8, 4) is 0 Å². The number of amides is 2. The minimum Gasteiger partial charge on any atom is -0.377 e. The van der Waals surface area contributed by atoms with E-state index < -0.39 is 20.8 Å². The van der Waals surface area contributed by atoms with Crippen LogP contribution in [0.15, 0.2) is 65.6 Å². The number of para-hydroxylation sites is 2. The summed E-state index contributed by atoms with van der Waals surface area (Å²) in [5, 5.41) is 17.5. The molecular formula is C22H24N4O5S. The normalized spacial score (nSPS) is 11.2. The predicted octanol–water partition coefficient (Wildman–Crippen LogP) is 3.80. The molecule has 0 bridgehead atoms. The summed E-state index contributed by atoms with van der Waals surface area (Å²) in [5.41, 5.74) is 0.765. The molecule has 0 radical (unpaired) electrons. The quantitative estimate of drug-likeness (QED) is 0.302. The van der Waals surface area contributed by atoms with Crippen LogP contribution in [0.2, 0.25) is 0 Å². The molecule has 0 aromatic heterocycles. The van der Waals surface area contributed by atoms with Crippen molar-refractivity contribution >= 4 is 43.7 Å². The molecule has 3 rings (SSSR count). The summed E-state index contributed by atoms with van der Waals surface area (Å²) in [6.07, 6.45) is 0.191. The van der Waals surface area contributed by atoms with E-state index in [1.54, 1.807) is 24.3 Å². The van der Waals surface area contributed by atoms with E-state index in [2.05, 4.69) is 10.6 Å². The van der Waals surface area contributed by atoms with Crippen LogP contribution in [0, 0.1) is 10.1 Å². The fraction of sp³-hybridized carbons (Fsp3) is 0.227. The Morgan fingerprint density at radius 1 is 1.00 bits per heavy atom. The molecule has 0 saturated carbocycles. The first-order valence-electron chi connectivity index (χ1n) is 9.91. The van der Waals surface area contributed by atoms with Crippen molar-refractivity contribution in [2.24, 2.45) is 0 Å². The third-order valence-corrected chi connectivity index (χ3v) is 6.75. The Hall–Kier alpha value is -3.66. The maximum Gasteiger partial charge on any atom is 0.319 e. The van der Waals surface area contributed by atoms with Crippen LogP contribution in [-0.4, -0.2) is 45.8 Å². The fourth-order valence-electron chi connectivity index (χ4n) is 3.40. The zero-order valence-corrected chi connectivity index (χ0v) is 18.6. The monoisotopic (exact) mass is 456 g/mol. The molecular weight excluding hydrogens is 432 g/mol. The van der Waals surface area contributed by atoms with Crippen LogP contribution in [0.4, 0.5) is 21.9 Å². The summed E-state index contributed by atoms with van der Waals surface area (Å²) < 4.78 is 25.9. The lowest BCUT2D eigenvalue weighted by molar-refractivity contribution is -0.383. The van der Waals surface area contributed by atoms with Gasteiger partial charge in [0, 0.05) is 43.2 Å².